The molecule has 3 rings (SSSR count). The Labute approximate surface area is 152 Å². The predicted molar refractivity (Wildman–Crippen MR) is 101 cm³/mol. The van der Waals surface area contributed by atoms with E-state index in [9.17, 15) is 0 Å². The molecule has 0 aromatic heterocycles. The molecule has 2 atom stereocenters. The lowest BCUT2D eigenvalue weighted by atomic mass is 10.0. The molecule has 1 fully saturated rings. The Balaban J connectivity index is 1.56. The Morgan fingerprint density at radius 1 is 1.43 bits per heavy atom. The number of thiocarbonyl (C=S) groups is 1. The van der Waals surface area contributed by atoms with Crippen molar-refractivity contribution < 1.29 is 4.74 Å². The first kappa shape index (κ1) is 17.0. The van der Waals surface area contributed by atoms with E-state index in [1.54, 1.807) is 0 Å². The lowest BCUT2D eigenvalue weighted by molar-refractivity contribution is 0.259. The Kier molecular flexibility index (Phi) is 5.77. The summed E-state index contributed by atoms with van der Waals surface area (Å²) >= 11 is 9.05. The number of nitrogens with one attached hydrogen (secondary N) is 2. The van der Waals surface area contributed by atoms with E-state index in [-0.39, 0.29) is 6.04 Å². The molecule has 0 amide bonds. The SMILES string of the molecule is CCN1CCC[C@H]1CNC(=S)N[C@@H]1CCOc2ccc(Br)cc21. The zero-order valence-corrected chi connectivity index (χ0v) is 15.9. The first-order valence-electron chi connectivity index (χ1n) is 8.38. The highest BCUT2D eigenvalue weighted by molar-refractivity contribution is 9.10. The lowest BCUT2D eigenvalue weighted by Gasteiger charge is -2.29. The summed E-state index contributed by atoms with van der Waals surface area (Å²) in [7, 11) is 0. The molecule has 6 heteroatoms. The maximum Gasteiger partial charge on any atom is 0.166 e. The molecule has 0 saturated carbocycles. The molecule has 2 heterocycles. The van der Waals surface area contributed by atoms with E-state index in [4.69, 9.17) is 17.0 Å². The average molecular weight is 398 g/mol. The largest absolute Gasteiger partial charge is 0.493 e. The molecule has 2 aliphatic rings. The van der Waals surface area contributed by atoms with Crippen LogP contribution >= 0.6 is 28.1 Å². The second-order valence-corrected chi connectivity index (χ2v) is 7.47. The minimum Gasteiger partial charge on any atom is -0.493 e. The van der Waals surface area contributed by atoms with Crippen LogP contribution in [0.1, 0.15) is 37.8 Å². The molecule has 0 unspecified atom stereocenters. The molecule has 1 aromatic rings. The zero-order valence-electron chi connectivity index (χ0n) is 13.5. The van der Waals surface area contributed by atoms with Crippen molar-refractivity contribution in [1.82, 2.24) is 15.5 Å². The van der Waals surface area contributed by atoms with E-state index in [0.717, 1.165) is 41.5 Å². The minimum absolute atomic E-state index is 0.210. The van der Waals surface area contributed by atoms with Gasteiger partial charge in [0.1, 0.15) is 5.75 Å². The van der Waals surface area contributed by atoms with Crippen molar-refractivity contribution >= 4 is 33.3 Å². The van der Waals surface area contributed by atoms with Crippen molar-refractivity contribution in [2.24, 2.45) is 0 Å². The first-order valence-corrected chi connectivity index (χ1v) is 9.58. The van der Waals surface area contributed by atoms with Gasteiger partial charge in [-0.2, -0.15) is 0 Å². The third kappa shape index (κ3) is 4.17. The second kappa shape index (κ2) is 7.81. The number of halogens is 1. The van der Waals surface area contributed by atoms with Crippen molar-refractivity contribution in [3.05, 3.63) is 28.2 Å². The molecule has 0 bridgehead atoms. The van der Waals surface area contributed by atoms with Crippen LogP contribution < -0.4 is 15.4 Å². The van der Waals surface area contributed by atoms with Crippen molar-refractivity contribution in [3.63, 3.8) is 0 Å². The maximum absolute atomic E-state index is 5.73. The molecule has 4 nitrogen and oxygen atoms in total. The van der Waals surface area contributed by atoms with Crippen LogP contribution in [0.4, 0.5) is 0 Å². The van der Waals surface area contributed by atoms with Gasteiger partial charge in [-0.3, -0.25) is 4.90 Å². The highest BCUT2D eigenvalue weighted by Crippen LogP contribution is 2.34. The topological polar surface area (TPSA) is 36.5 Å². The number of hydrogen-bond donors (Lipinski definition) is 2. The van der Waals surface area contributed by atoms with Crippen LogP contribution in [0.15, 0.2) is 22.7 Å². The lowest BCUT2D eigenvalue weighted by Crippen LogP contribution is -2.45. The van der Waals surface area contributed by atoms with Crippen LogP contribution in [0.5, 0.6) is 5.75 Å². The highest BCUT2D eigenvalue weighted by atomic mass is 79.9. The summed E-state index contributed by atoms with van der Waals surface area (Å²) in [5, 5.41) is 7.61. The highest BCUT2D eigenvalue weighted by Gasteiger charge is 2.24. The van der Waals surface area contributed by atoms with E-state index < -0.39 is 0 Å². The fraction of sp³-hybridized carbons (Fsp3) is 0.588. The standard InChI is InChI=1S/C17H24BrN3OS/c1-2-21-8-3-4-13(21)11-19-17(23)20-15-7-9-22-16-6-5-12(18)10-14(15)16/h5-6,10,13,15H,2-4,7-9,11H2,1H3,(H2,19,20,23)/t13-,15+/m0/s1. The van der Waals surface area contributed by atoms with Gasteiger partial charge in [-0.05, 0) is 56.3 Å². The van der Waals surface area contributed by atoms with Gasteiger partial charge in [0.05, 0.1) is 12.6 Å². The molecule has 126 valence electrons. The summed E-state index contributed by atoms with van der Waals surface area (Å²) in [5.74, 6) is 0.952. The number of hydrogen-bond acceptors (Lipinski definition) is 3. The smallest absolute Gasteiger partial charge is 0.166 e. The van der Waals surface area contributed by atoms with Crippen molar-refractivity contribution in [3.8, 4) is 5.75 Å². The van der Waals surface area contributed by atoms with Gasteiger partial charge in [-0.15, -0.1) is 0 Å². The number of fused-ring (bicyclic) bond motifs is 1. The van der Waals surface area contributed by atoms with Gasteiger partial charge in [0.15, 0.2) is 5.11 Å². The van der Waals surface area contributed by atoms with Crippen LogP contribution in [0.2, 0.25) is 0 Å². The fourth-order valence-electron chi connectivity index (χ4n) is 3.48. The third-order valence-corrected chi connectivity index (χ3v) is 5.48. The van der Waals surface area contributed by atoms with Crippen LogP contribution in [0.3, 0.4) is 0 Å². The maximum atomic E-state index is 5.73. The van der Waals surface area contributed by atoms with Crippen molar-refractivity contribution in [2.45, 2.75) is 38.3 Å². The monoisotopic (exact) mass is 397 g/mol. The molecule has 0 spiro atoms. The summed E-state index contributed by atoms with van der Waals surface area (Å²) < 4.78 is 6.80. The molecular formula is C17H24BrN3OS. The van der Waals surface area contributed by atoms with Crippen LogP contribution in [-0.4, -0.2) is 42.3 Å². The summed E-state index contributed by atoms with van der Waals surface area (Å²) in [4.78, 5) is 2.52. The number of likely N-dealkylation sites (tertiary alicyclic amines) is 1. The van der Waals surface area contributed by atoms with Gasteiger partial charge in [-0.1, -0.05) is 22.9 Å². The summed E-state index contributed by atoms with van der Waals surface area (Å²) in [5.41, 5.74) is 1.17. The summed E-state index contributed by atoms with van der Waals surface area (Å²) in [6, 6.07) is 6.96. The van der Waals surface area contributed by atoms with E-state index in [1.165, 1.54) is 24.9 Å². The Hall–Kier alpha value is -0.850. The van der Waals surface area contributed by atoms with Gasteiger partial charge in [0.25, 0.3) is 0 Å². The van der Waals surface area contributed by atoms with Crippen molar-refractivity contribution in [2.75, 3.05) is 26.2 Å². The van der Waals surface area contributed by atoms with E-state index in [2.05, 4.69) is 44.5 Å². The second-order valence-electron chi connectivity index (χ2n) is 6.15. The molecule has 0 radical (unpaired) electrons. The summed E-state index contributed by atoms with van der Waals surface area (Å²) in [6.07, 6.45) is 3.48. The predicted octanol–water partition coefficient (Wildman–Crippen LogP) is 3.22. The number of nitrogens with zero attached hydrogens (tertiary/aromatic N) is 1. The van der Waals surface area contributed by atoms with Gasteiger partial charge in [0, 0.05) is 29.0 Å². The van der Waals surface area contributed by atoms with Gasteiger partial charge in [-0.25, -0.2) is 0 Å². The molecule has 1 saturated heterocycles. The Morgan fingerprint density at radius 3 is 3.13 bits per heavy atom. The van der Waals surface area contributed by atoms with Gasteiger partial charge in [0.2, 0.25) is 0 Å². The van der Waals surface area contributed by atoms with Crippen molar-refractivity contribution in [1.29, 1.82) is 0 Å². The normalized spacial score (nSPS) is 23.9. The molecular weight excluding hydrogens is 374 g/mol. The number of rotatable bonds is 4. The number of likely N-dealkylation sites (N-methyl/N-ethyl adjacent to an activating group) is 1. The number of benzene rings is 1. The third-order valence-electron chi connectivity index (χ3n) is 4.72. The fourth-order valence-corrected chi connectivity index (χ4v) is 4.08. The van der Waals surface area contributed by atoms with E-state index in [0.29, 0.717) is 6.04 Å². The van der Waals surface area contributed by atoms with Gasteiger partial charge < -0.3 is 15.4 Å². The van der Waals surface area contributed by atoms with Crippen LogP contribution in [-0.2, 0) is 0 Å². The Morgan fingerprint density at radius 2 is 2.30 bits per heavy atom. The number of ether oxygens (including phenoxy) is 1. The first-order chi connectivity index (χ1) is 11.2. The van der Waals surface area contributed by atoms with E-state index >= 15 is 0 Å². The zero-order chi connectivity index (χ0) is 16.2. The van der Waals surface area contributed by atoms with Crippen LogP contribution in [0.25, 0.3) is 0 Å². The average Bonchev–Trinajstić information content (AvgIpc) is 3.01. The Bertz CT molecular complexity index is 569. The minimum atomic E-state index is 0.210. The van der Waals surface area contributed by atoms with Crippen LogP contribution in [0, 0.1) is 0 Å². The molecule has 2 N–H and O–H groups in total. The van der Waals surface area contributed by atoms with E-state index in [1.807, 2.05) is 12.1 Å². The quantitative estimate of drug-likeness (QED) is 0.762. The summed E-state index contributed by atoms with van der Waals surface area (Å²) in [6.45, 7) is 6.21. The molecule has 2 aliphatic heterocycles. The molecule has 1 aromatic carbocycles. The van der Waals surface area contributed by atoms with Gasteiger partial charge >= 0.3 is 0 Å². The molecule has 23 heavy (non-hydrogen) atoms. The molecule has 0 aliphatic carbocycles.